The highest BCUT2D eigenvalue weighted by Gasteiger charge is 2.17. The van der Waals surface area contributed by atoms with Crippen molar-refractivity contribution in [2.24, 2.45) is 5.73 Å². The first kappa shape index (κ1) is 15.8. The van der Waals surface area contributed by atoms with Gasteiger partial charge in [-0.05, 0) is 25.3 Å². The van der Waals surface area contributed by atoms with Crippen LogP contribution in [0.25, 0.3) is 0 Å². The molecule has 0 saturated heterocycles. The van der Waals surface area contributed by atoms with Gasteiger partial charge in [0.05, 0.1) is 17.9 Å². The minimum atomic E-state index is 0.299. The molecule has 0 saturated carbocycles. The molecule has 0 bridgehead atoms. The number of thiocarbonyl (C=S) groups is 1. The second-order valence-electron chi connectivity index (χ2n) is 3.92. The van der Waals surface area contributed by atoms with E-state index in [-0.39, 0.29) is 0 Å². The van der Waals surface area contributed by atoms with Gasteiger partial charge >= 0.3 is 0 Å². The third-order valence-electron chi connectivity index (χ3n) is 2.73. The standard InChI is InChI=1S/C13H21N3O2S/c1-4-9-10(5-2)15-16-13(11(9)12(14)19)18-8-7-17-6-3/h4-8H2,1-3H3,(H2,14,19). The molecule has 0 spiro atoms. The first-order valence-corrected chi connectivity index (χ1v) is 6.95. The van der Waals surface area contributed by atoms with Crippen LogP contribution in [0, 0.1) is 0 Å². The van der Waals surface area contributed by atoms with E-state index in [1.54, 1.807) is 0 Å². The Hall–Kier alpha value is -1.27. The Morgan fingerprint density at radius 2 is 1.89 bits per heavy atom. The van der Waals surface area contributed by atoms with Crippen molar-refractivity contribution < 1.29 is 9.47 Å². The van der Waals surface area contributed by atoms with Crippen LogP contribution in [0.3, 0.4) is 0 Å². The number of aryl methyl sites for hydroxylation is 1. The maximum atomic E-state index is 5.80. The number of ether oxygens (including phenoxy) is 2. The molecule has 5 nitrogen and oxygen atoms in total. The van der Waals surface area contributed by atoms with Crippen LogP contribution in [-0.2, 0) is 17.6 Å². The second kappa shape index (κ2) is 8.01. The van der Waals surface area contributed by atoms with Crippen LogP contribution in [-0.4, -0.2) is 35.0 Å². The molecule has 6 heteroatoms. The number of nitrogens with zero attached hydrogens (tertiary/aromatic N) is 2. The maximum absolute atomic E-state index is 5.80. The summed E-state index contributed by atoms with van der Waals surface area (Å²) in [6.45, 7) is 7.58. The van der Waals surface area contributed by atoms with Gasteiger partial charge in [-0.2, -0.15) is 5.10 Å². The average Bonchev–Trinajstić information content (AvgIpc) is 2.42. The molecule has 0 aromatic carbocycles. The molecule has 1 rings (SSSR count). The van der Waals surface area contributed by atoms with Gasteiger partial charge in [-0.15, -0.1) is 5.10 Å². The lowest BCUT2D eigenvalue weighted by molar-refractivity contribution is 0.108. The summed E-state index contributed by atoms with van der Waals surface area (Å²) in [5, 5.41) is 8.26. The third kappa shape index (κ3) is 4.11. The largest absolute Gasteiger partial charge is 0.474 e. The van der Waals surface area contributed by atoms with Gasteiger partial charge in [0.15, 0.2) is 0 Å². The summed E-state index contributed by atoms with van der Waals surface area (Å²) >= 11 is 5.11. The van der Waals surface area contributed by atoms with E-state index < -0.39 is 0 Å². The minimum Gasteiger partial charge on any atom is -0.474 e. The van der Waals surface area contributed by atoms with Gasteiger partial charge in [0.2, 0.25) is 5.88 Å². The Morgan fingerprint density at radius 3 is 2.42 bits per heavy atom. The minimum absolute atomic E-state index is 0.299. The number of aromatic nitrogens is 2. The van der Waals surface area contributed by atoms with Gasteiger partial charge in [-0.25, -0.2) is 0 Å². The molecule has 0 radical (unpaired) electrons. The number of nitrogens with two attached hydrogens (primary N) is 1. The normalized spacial score (nSPS) is 10.5. The molecular formula is C13H21N3O2S. The van der Waals surface area contributed by atoms with Crippen molar-refractivity contribution in [3.8, 4) is 5.88 Å². The molecule has 106 valence electrons. The number of rotatable bonds is 8. The van der Waals surface area contributed by atoms with Gasteiger partial charge in [-0.1, -0.05) is 26.1 Å². The summed E-state index contributed by atoms with van der Waals surface area (Å²) in [7, 11) is 0. The first-order valence-electron chi connectivity index (χ1n) is 6.54. The molecule has 0 aliphatic heterocycles. The number of hydrogen-bond donors (Lipinski definition) is 1. The van der Waals surface area contributed by atoms with Gasteiger partial charge < -0.3 is 15.2 Å². The fourth-order valence-electron chi connectivity index (χ4n) is 1.85. The Bertz CT molecular complexity index is 438. The molecule has 0 amide bonds. The van der Waals surface area contributed by atoms with E-state index in [1.165, 1.54) is 0 Å². The zero-order valence-corrected chi connectivity index (χ0v) is 12.5. The van der Waals surface area contributed by atoms with Crippen molar-refractivity contribution in [2.45, 2.75) is 33.6 Å². The monoisotopic (exact) mass is 283 g/mol. The number of hydrogen-bond acceptors (Lipinski definition) is 5. The lowest BCUT2D eigenvalue weighted by Gasteiger charge is -2.14. The molecule has 1 aromatic heterocycles. The van der Waals surface area contributed by atoms with Crippen molar-refractivity contribution in [3.63, 3.8) is 0 Å². The van der Waals surface area contributed by atoms with Crippen molar-refractivity contribution in [1.29, 1.82) is 0 Å². The summed E-state index contributed by atoms with van der Waals surface area (Å²) < 4.78 is 10.8. The van der Waals surface area contributed by atoms with Crippen LogP contribution >= 0.6 is 12.2 Å². The SMILES string of the molecule is CCOCCOc1nnc(CC)c(CC)c1C(N)=S. The predicted molar refractivity (Wildman–Crippen MR) is 78.7 cm³/mol. The van der Waals surface area contributed by atoms with E-state index in [4.69, 9.17) is 27.4 Å². The van der Waals surface area contributed by atoms with Gasteiger partial charge in [0.25, 0.3) is 0 Å². The van der Waals surface area contributed by atoms with E-state index in [0.29, 0.717) is 36.3 Å². The molecule has 19 heavy (non-hydrogen) atoms. The molecule has 0 fully saturated rings. The van der Waals surface area contributed by atoms with Crippen molar-refractivity contribution in [2.75, 3.05) is 19.8 Å². The van der Waals surface area contributed by atoms with Crippen LogP contribution in [0.1, 0.15) is 37.6 Å². The molecule has 0 unspecified atom stereocenters. The van der Waals surface area contributed by atoms with Crippen molar-refractivity contribution in [3.05, 3.63) is 16.8 Å². The highest BCUT2D eigenvalue weighted by atomic mass is 32.1. The van der Waals surface area contributed by atoms with Crippen LogP contribution < -0.4 is 10.5 Å². The quantitative estimate of drug-likeness (QED) is 0.578. The fraction of sp³-hybridized carbons (Fsp3) is 0.615. The predicted octanol–water partition coefficient (Wildman–Crippen LogP) is 1.65. The molecular weight excluding hydrogens is 262 g/mol. The van der Waals surface area contributed by atoms with Gasteiger partial charge in [-0.3, -0.25) is 0 Å². The lowest BCUT2D eigenvalue weighted by Crippen LogP contribution is -2.19. The highest BCUT2D eigenvalue weighted by Crippen LogP contribution is 2.22. The van der Waals surface area contributed by atoms with Crippen LogP contribution in [0.2, 0.25) is 0 Å². The van der Waals surface area contributed by atoms with E-state index in [2.05, 4.69) is 10.2 Å². The summed E-state index contributed by atoms with van der Waals surface area (Å²) in [6.07, 6.45) is 1.60. The molecule has 0 aliphatic rings. The van der Waals surface area contributed by atoms with E-state index in [9.17, 15) is 0 Å². The Morgan fingerprint density at radius 1 is 1.16 bits per heavy atom. The Kier molecular flexibility index (Phi) is 6.66. The highest BCUT2D eigenvalue weighted by molar-refractivity contribution is 7.80. The zero-order valence-electron chi connectivity index (χ0n) is 11.7. The Labute approximate surface area is 119 Å². The van der Waals surface area contributed by atoms with Crippen LogP contribution in [0.15, 0.2) is 0 Å². The molecule has 0 aliphatic carbocycles. The molecule has 1 heterocycles. The topological polar surface area (TPSA) is 70.3 Å². The molecule has 1 aromatic rings. The maximum Gasteiger partial charge on any atom is 0.244 e. The van der Waals surface area contributed by atoms with Gasteiger partial charge in [0, 0.05) is 6.61 Å². The van der Waals surface area contributed by atoms with Crippen molar-refractivity contribution >= 4 is 17.2 Å². The summed E-state index contributed by atoms with van der Waals surface area (Å²) in [4.78, 5) is 0.299. The molecule has 2 N–H and O–H groups in total. The van der Waals surface area contributed by atoms with Crippen LogP contribution in [0.4, 0.5) is 0 Å². The smallest absolute Gasteiger partial charge is 0.244 e. The third-order valence-corrected chi connectivity index (χ3v) is 2.94. The lowest BCUT2D eigenvalue weighted by atomic mass is 10.0. The molecule has 0 atom stereocenters. The summed E-state index contributed by atoms with van der Waals surface area (Å²) in [5.74, 6) is 0.404. The van der Waals surface area contributed by atoms with E-state index >= 15 is 0 Å². The first-order chi connectivity index (χ1) is 9.15. The van der Waals surface area contributed by atoms with Gasteiger partial charge in [0.1, 0.15) is 11.6 Å². The zero-order chi connectivity index (χ0) is 14.3. The second-order valence-corrected chi connectivity index (χ2v) is 4.36. The van der Waals surface area contributed by atoms with E-state index in [0.717, 1.165) is 24.1 Å². The Balaban J connectivity index is 3.00. The average molecular weight is 283 g/mol. The fourth-order valence-corrected chi connectivity index (χ4v) is 2.06. The summed E-state index contributed by atoms with van der Waals surface area (Å²) in [6, 6.07) is 0. The summed E-state index contributed by atoms with van der Waals surface area (Å²) in [5.41, 5.74) is 8.45. The van der Waals surface area contributed by atoms with Crippen molar-refractivity contribution in [1.82, 2.24) is 10.2 Å². The van der Waals surface area contributed by atoms with Crippen LogP contribution in [0.5, 0.6) is 5.88 Å². The van der Waals surface area contributed by atoms with E-state index in [1.807, 2.05) is 20.8 Å².